The maximum absolute atomic E-state index is 9.31. The molecule has 18 heavy (non-hydrogen) atoms. The van der Waals surface area contributed by atoms with E-state index in [1.807, 2.05) is 20.9 Å². The van der Waals surface area contributed by atoms with Crippen molar-refractivity contribution in [2.75, 3.05) is 7.05 Å². The average molecular weight is 265 g/mol. The molecule has 4 nitrogen and oxygen atoms in total. The van der Waals surface area contributed by atoms with Crippen molar-refractivity contribution in [3.63, 3.8) is 0 Å². The Kier molecular flexibility index (Phi) is 3.98. The number of rotatable bonds is 3. The van der Waals surface area contributed by atoms with Crippen LogP contribution in [0, 0.1) is 25.2 Å². The van der Waals surface area contributed by atoms with E-state index in [9.17, 15) is 5.26 Å². The third kappa shape index (κ3) is 2.70. The Morgan fingerprint density at radius 1 is 1.56 bits per heavy atom. The molecule has 0 spiro atoms. The van der Waals surface area contributed by atoms with Crippen LogP contribution in [0.3, 0.4) is 0 Å². The number of nitrogens with one attached hydrogen (secondary N) is 1. The second-order valence-corrected chi connectivity index (χ2v) is 6.15. The van der Waals surface area contributed by atoms with Crippen molar-refractivity contribution in [2.45, 2.75) is 55.5 Å². The number of aromatic nitrogens is 1. The second kappa shape index (κ2) is 5.33. The van der Waals surface area contributed by atoms with E-state index in [0.29, 0.717) is 5.25 Å². The molecule has 0 radical (unpaired) electrons. The summed E-state index contributed by atoms with van der Waals surface area (Å²) in [5.41, 5.74) is 0.584. The van der Waals surface area contributed by atoms with Crippen molar-refractivity contribution in [3.05, 3.63) is 11.5 Å². The lowest BCUT2D eigenvalue weighted by molar-refractivity contribution is 0.321. The third-order valence-corrected chi connectivity index (χ3v) is 4.79. The summed E-state index contributed by atoms with van der Waals surface area (Å²) >= 11 is 1.66. The summed E-state index contributed by atoms with van der Waals surface area (Å²) in [5, 5.41) is 13.6. The minimum atomic E-state index is -0.368. The Balaban J connectivity index is 2.04. The second-order valence-electron chi connectivity index (χ2n) is 4.90. The highest BCUT2D eigenvalue weighted by Crippen LogP contribution is 2.38. The van der Waals surface area contributed by atoms with E-state index in [-0.39, 0.29) is 5.54 Å². The van der Waals surface area contributed by atoms with Crippen LogP contribution in [-0.2, 0) is 0 Å². The lowest BCUT2D eigenvalue weighted by Crippen LogP contribution is -2.46. The van der Waals surface area contributed by atoms with Gasteiger partial charge in [0.2, 0.25) is 0 Å². The van der Waals surface area contributed by atoms with E-state index < -0.39 is 0 Å². The predicted molar refractivity (Wildman–Crippen MR) is 71.5 cm³/mol. The number of nitrogens with zero attached hydrogens (tertiary/aromatic N) is 2. The van der Waals surface area contributed by atoms with Gasteiger partial charge >= 0.3 is 0 Å². The minimum Gasteiger partial charge on any atom is -0.437 e. The van der Waals surface area contributed by atoms with E-state index in [1.165, 1.54) is 0 Å². The van der Waals surface area contributed by atoms with Crippen molar-refractivity contribution in [3.8, 4) is 6.07 Å². The van der Waals surface area contributed by atoms with Gasteiger partial charge in [0, 0.05) is 5.25 Å². The van der Waals surface area contributed by atoms with Gasteiger partial charge in [-0.25, -0.2) is 4.98 Å². The summed E-state index contributed by atoms with van der Waals surface area (Å²) in [6, 6.07) is 2.42. The van der Waals surface area contributed by atoms with Gasteiger partial charge in [-0.1, -0.05) is 11.8 Å². The zero-order valence-corrected chi connectivity index (χ0v) is 11.9. The van der Waals surface area contributed by atoms with E-state index in [2.05, 4.69) is 16.4 Å². The van der Waals surface area contributed by atoms with Crippen LogP contribution in [0.5, 0.6) is 0 Å². The SMILES string of the molecule is CNC1(C#N)CCCC(Sc2nc(C)c(C)o2)C1. The van der Waals surface area contributed by atoms with Crippen molar-refractivity contribution in [1.29, 1.82) is 5.26 Å². The van der Waals surface area contributed by atoms with Crippen LogP contribution in [0.4, 0.5) is 0 Å². The molecule has 1 saturated carbocycles. The first-order chi connectivity index (χ1) is 8.58. The zero-order valence-electron chi connectivity index (χ0n) is 11.1. The van der Waals surface area contributed by atoms with Crippen LogP contribution in [-0.4, -0.2) is 22.8 Å². The highest BCUT2D eigenvalue weighted by Gasteiger charge is 2.36. The summed E-state index contributed by atoms with van der Waals surface area (Å²) in [5.74, 6) is 0.883. The summed E-state index contributed by atoms with van der Waals surface area (Å²) in [6.45, 7) is 3.89. The standard InChI is InChI=1S/C13H19N3OS/c1-9-10(2)17-12(16-9)18-11-5-4-6-13(7-11,8-14)15-3/h11,15H,4-7H2,1-3H3. The Bertz CT molecular complexity index is 446. The van der Waals surface area contributed by atoms with E-state index in [1.54, 1.807) is 11.8 Å². The third-order valence-electron chi connectivity index (χ3n) is 3.67. The molecule has 0 aliphatic heterocycles. The average Bonchev–Trinajstić information content (AvgIpc) is 2.68. The molecule has 0 aromatic carbocycles. The molecule has 2 unspecified atom stereocenters. The first-order valence-corrected chi connectivity index (χ1v) is 7.17. The summed E-state index contributed by atoms with van der Waals surface area (Å²) < 4.78 is 5.60. The number of nitriles is 1. The van der Waals surface area contributed by atoms with Crippen LogP contribution >= 0.6 is 11.8 Å². The lowest BCUT2D eigenvalue weighted by Gasteiger charge is -2.34. The molecule has 1 aromatic rings. The number of hydrogen-bond donors (Lipinski definition) is 1. The largest absolute Gasteiger partial charge is 0.437 e. The van der Waals surface area contributed by atoms with E-state index in [0.717, 1.165) is 42.4 Å². The Labute approximate surface area is 112 Å². The molecule has 2 atom stereocenters. The van der Waals surface area contributed by atoms with Crippen LogP contribution in [0.1, 0.15) is 37.1 Å². The molecule has 5 heteroatoms. The highest BCUT2D eigenvalue weighted by atomic mass is 32.2. The summed E-state index contributed by atoms with van der Waals surface area (Å²) in [4.78, 5) is 4.40. The number of oxazole rings is 1. The molecule has 98 valence electrons. The summed E-state index contributed by atoms with van der Waals surface area (Å²) in [7, 11) is 1.87. The number of hydrogen-bond acceptors (Lipinski definition) is 5. The van der Waals surface area contributed by atoms with Crippen LogP contribution in [0.15, 0.2) is 9.64 Å². The molecule has 0 bridgehead atoms. The van der Waals surface area contributed by atoms with Gasteiger partial charge in [-0.15, -0.1) is 0 Å². The predicted octanol–water partition coefficient (Wildman–Crippen LogP) is 2.81. The lowest BCUT2D eigenvalue weighted by atomic mass is 9.83. The Morgan fingerprint density at radius 2 is 2.33 bits per heavy atom. The summed E-state index contributed by atoms with van der Waals surface area (Å²) in [6.07, 6.45) is 3.98. The van der Waals surface area contributed by atoms with E-state index in [4.69, 9.17) is 4.42 Å². The molecule has 1 aliphatic rings. The van der Waals surface area contributed by atoms with Crippen molar-refractivity contribution >= 4 is 11.8 Å². The molecule has 0 amide bonds. The molecule has 2 rings (SSSR count). The number of aryl methyl sites for hydroxylation is 2. The van der Waals surface area contributed by atoms with Gasteiger partial charge in [0.25, 0.3) is 5.22 Å². The van der Waals surface area contributed by atoms with Crippen LogP contribution < -0.4 is 5.32 Å². The van der Waals surface area contributed by atoms with Gasteiger partial charge in [0.15, 0.2) is 0 Å². The van der Waals surface area contributed by atoms with Gasteiger partial charge in [-0.2, -0.15) is 5.26 Å². The monoisotopic (exact) mass is 265 g/mol. The van der Waals surface area contributed by atoms with Gasteiger partial charge in [-0.05, 0) is 46.6 Å². The molecule has 1 N–H and O–H groups in total. The maximum atomic E-state index is 9.31. The van der Waals surface area contributed by atoms with Gasteiger partial charge in [0.05, 0.1) is 11.8 Å². The molecule has 1 fully saturated rings. The zero-order chi connectivity index (χ0) is 13.2. The molecule has 1 aromatic heterocycles. The normalized spacial score (nSPS) is 28.0. The fourth-order valence-electron chi connectivity index (χ4n) is 2.35. The van der Waals surface area contributed by atoms with Crippen molar-refractivity contribution in [1.82, 2.24) is 10.3 Å². The Morgan fingerprint density at radius 3 is 2.89 bits per heavy atom. The minimum absolute atomic E-state index is 0.368. The van der Waals surface area contributed by atoms with Crippen molar-refractivity contribution < 1.29 is 4.42 Å². The molecular formula is C13H19N3OS. The maximum Gasteiger partial charge on any atom is 0.256 e. The highest BCUT2D eigenvalue weighted by molar-refractivity contribution is 7.99. The first-order valence-electron chi connectivity index (χ1n) is 6.29. The topological polar surface area (TPSA) is 61.9 Å². The van der Waals surface area contributed by atoms with Crippen LogP contribution in [0.2, 0.25) is 0 Å². The molecule has 1 aliphatic carbocycles. The Hall–Kier alpha value is -0.990. The first kappa shape index (κ1) is 13.4. The van der Waals surface area contributed by atoms with Crippen molar-refractivity contribution in [2.24, 2.45) is 0 Å². The quantitative estimate of drug-likeness (QED) is 0.910. The van der Waals surface area contributed by atoms with Gasteiger partial charge in [0.1, 0.15) is 11.3 Å². The van der Waals surface area contributed by atoms with Gasteiger partial charge < -0.3 is 9.73 Å². The fraction of sp³-hybridized carbons (Fsp3) is 0.692. The van der Waals surface area contributed by atoms with Gasteiger partial charge in [-0.3, -0.25) is 0 Å². The van der Waals surface area contributed by atoms with Crippen LogP contribution in [0.25, 0.3) is 0 Å². The van der Waals surface area contributed by atoms with E-state index >= 15 is 0 Å². The molecule has 1 heterocycles. The number of thioether (sulfide) groups is 1. The molecular weight excluding hydrogens is 246 g/mol. The smallest absolute Gasteiger partial charge is 0.256 e. The molecule has 0 saturated heterocycles. The fourth-order valence-corrected chi connectivity index (χ4v) is 3.65.